The van der Waals surface area contributed by atoms with Crippen LogP contribution in [0.4, 0.5) is 32.2 Å². The zero-order valence-electron chi connectivity index (χ0n) is 20.4. The second kappa shape index (κ2) is 11.1. The molecule has 10 nitrogen and oxygen atoms in total. The first-order valence-electron chi connectivity index (χ1n) is 11.7. The summed E-state index contributed by atoms with van der Waals surface area (Å²) in [7, 11) is -4.07. The first kappa shape index (κ1) is 29.4. The van der Waals surface area contributed by atoms with Crippen LogP contribution >= 0.6 is 0 Å². The van der Waals surface area contributed by atoms with Crippen LogP contribution in [0.5, 0.6) is 0 Å². The Balaban J connectivity index is 1.49. The highest BCUT2D eigenvalue weighted by atomic mass is 32.2. The molecule has 1 aromatic carbocycles. The van der Waals surface area contributed by atoms with E-state index in [1.807, 2.05) is 0 Å². The van der Waals surface area contributed by atoms with E-state index < -0.39 is 51.7 Å². The molecule has 0 saturated heterocycles. The number of hydrogen-bond acceptors (Lipinski definition) is 8. The van der Waals surface area contributed by atoms with Crippen LogP contribution in [0.3, 0.4) is 0 Å². The number of hydrogen-bond donors (Lipinski definition) is 2. The average Bonchev–Trinajstić information content (AvgIpc) is 3.51. The van der Waals surface area contributed by atoms with Crippen molar-refractivity contribution in [2.24, 2.45) is 11.1 Å². The third kappa shape index (κ3) is 7.33. The molecule has 1 fully saturated rings. The Morgan fingerprint density at radius 3 is 2.55 bits per heavy atom. The van der Waals surface area contributed by atoms with Gasteiger partial charge in [-0.3, -0.25) is 13.7 Å². The lowest BCUT2D eigenvalue weighted by Crippen LogP contribution is -2.22. The first-order valence-corrected chi connectivity index (χ1v) is 13.2. The lowest BCUT2D eigenvalue weighted by atomic mass is 10.0. The monoisotopic (exact) mass is 592 g/mol. The number of rotatable bonds is 9. The summed E-state index contributed by atoms with van der Waals surface area (Å²) >= 11 is 0. The number of carbonyl (C=O) groups is 1. The van der Waals surface area contributed by atoms with Crippen LogP contribution in [-0.2, 0) is 33.4 Å². The molecule has 2 aromatic heterocycles. The van der Waals surface area contributed by atoms with Crippen molar-refractivity contribution < 1.29 is 43.7 Å². The molecule has 0 aliphatic heterocycles. The molecule has 40 heavy (non-hydrogen) atoms. The summed E-state index contributed by atoms with van der Waals surface area (Å²) in [6.45, 7) is -0.625. The summed E-state index contributed by atoms with van der Waals surface area (Å²) < 4.78 is 107. The number of aromatic nitrogens is 4. The molecule has 0 radical (unpaired) electrons. The quantitative estimate of drug-likeness (QED) is 0.282. The van der Waals surface area contributed by atoms with Crippen LogP contribution < -0.4 is 10.5 Å². The SMILES string of the molecule is NS(=O)(=O)OCC1CCC(Nc2ncncc2C(=O)c2ccn(Cc3ccc(C(F)(F)F)cc3C(F)(F)F)n2)C1. The van der Waals surface area contributed by atoms with Gasteiger partial charge in [0.1, 0.15) is 17.8 Å². The fraction of sp³-hybridized carbons (Fsp3) is 0.391. The maximum Gasteiger partial charge on any atom is 0.416 e. The molecule has 1 saturated carbocycles. The highest BCUT2D eigenvalue weighted by molar-refractivity contribution is 7.84. The van der Waals surface area contributed by atoms with Crippen LogP contribution in [-0.4, -0.2) is 46.6 Å². The Kier molecular flexibility index (Phi) is 8.18. The minimum atomic E-state index is -5.05. The molecule has 3 N–H and O–H groups in total. The molecule has 0 bridgehead atoms. The number of ketones is 1. The zero-order chi connectivity index (χ0) is 29.3. The van der Waals surface area contributed by atoms with E-state index in [1.54, 1.807) is 0 Å². The highest BCUT2D eigenvalue weighted by Crippen LogP contribution is 2.37. The van der Waals surface area contributed by atoms with Crippen LogP contribution in [0, 0.1) is 5.92 Å². The molecular weight excluding hydrogens is 570 g/mol. The molecule has 0 spiro atoms. The summed E-state index contributed by atoms with van der Waals surface area (Å²) in [4.78, 5) is 21.1. The Morgan fingerprint density at radius 2 is 1.88 bits per heavy atom. The van der Waals surface area contributed by atoms with E-state index >= 15 is 0 Å². The Labute approximate surface area is 223 Å². The summed E-state index contributed by atoms with van der Waals surface area (Å²) in [5.74, 6) is -0.564. The number of carbonyl (C=O) groups excluding carboxylic acids is 1. The van der Waals surface area contributed by atoms with Gasteiger partial charge in [0.25, 0.3) is 0 Å². The predicted molar refractivity (Wildman–Crippen MR) is 127 cm³/mol. The van der Waals surface area contributed by atoms with Crippen molar-refractivity contribution in [2.75, 3.05) is 11.9 Å². The predicted octanol–water partition coefficient (Wildman–Crippen LogP) is 3.79. The van der Waals surface area contributed by atoms with Gasteiger partial charge in [0.2, 0.25) is 5.78 Å². The standard InChI is InChI=1S/C23H22F6N6O4S/c24-22(25,26)15-3-2-14(18(8-15)23(27,28)29)10-35-6-5-19(34-35)20(36)17-9-31-12-32-21(17)33-16-4-1-13(7-16)11-39-40(30,37)38/h2-3,5-6,8-9,12-13,16H,1,4,7,10-11H2,(H2,30,37,38)(H,31,32,33). The Morgan fingerprint density at radius 1 is 1.12 bits per heavy atom. The van der Waals surface area contributed by atoms with Gasteiger partial charge in [-0.25, -0.2) is 15.1 Å². The van der Waals surface area contributed by atoms with Crippen molar-refractivity contribution in [3.8, 4) is 0 Å². The number of benzene rings is 1. The molecule has 17 heteroatoms. The van der Waals surface area contributed by atoms with Gasteiger partial charge < -0.3 is 5.32 Å². The molecule has 1 aliphatic rings. The number of alkyl halides is 6. The minimum absolute atomic E-state index is 0.0301. The maximum atomic E-state index is 13.5. The van der Waals surface area contributed by atoms with Crippen molar-refractivity contribution in [3.05, 3.63) is 70.9 Å². The molecule has 2 atom stereocenters. The van der Waals surface area contributed by atoms with Crippen molar-refractivity contribution in [1.29, 1.82) is 0 Å². The Bertz CT molecular complexity index is 1490. The van der Waals surface area contributed by atoms with Crippen molar-refractivity contribution in [1.82, 2.24) is 19.7 Å². The lowest BCUT2D eigenvalue weighted by Gasteiger charge is -2.16. The van der Waals surface area contributed by atoms with E-state index in [4.69, 9.17) is 5.14 Å². The third-order valence-corrected chi connectivity index (χ3v) is 6.72. The molecule has 0 amide bonds. The molecule has 3 aromatic rings. The zero-order valence-corrected chi connectivity index (χ0v) is 21.2. The van der Waals surface area contributed by atoms with E-state index in [0.717, 1.165) is 10.7 Å². The van der Waals surface area contributed by atoms with Gasteiger partial charge in [0.05, 0.1) is 29.8 Å². The molecule has 216 valence electrons. The van der Waals surface area contributed by atoms with E-state index in [9.17, 15) is 39.6 Å². The third-order valence-electron chi connectivity index (χ3n) is 6.26. The average molecular weight is 593 g/mol. The fourth-order valence-corrected chi connectivity index (χ4v) is 4.77. The maximum absolute atomic E-state index is 13.5. The highest BCUT2D eigenvalue weighted by Gasteiger charge is 2.38. The minimum Gasteiger partial charge on any atom is -0.367 e. The van der Waals surface area contributed by atoms with Crippen molar-refractivity contribution in [3.63, 3.8) is 0 Å². The summed E-state index contributed by atoms with van der Waals surface area (Å²) in [5, 5.41) is 12.0. The van der Waals surface area contributed by atoms with Crippen molar-refractivity contribution >= 4 is 21.9 Å². The number of nitrogens with two attached hydrogens (primary N) is 1. The second-order valence-corrected chi connectivity index (χ2v) is 10.4. The summed E-state index contributed by atoms with van der Waals surface area (Å²) in [6.07, 6.45) is -4.55. The summed E-state index contributed by atoms with van der Waals surface area (Å²) in [6, 6.07) is 2.40. The molecule has 1 aliphatic carbocycles. The van der Waals surface area contributed by atoms with Gasteiger partial charge in [-0.1, -0.05) is 6.07 Å². The molecule has 2 unspecified atom stereocenters. The smallest absolute Gasteiger partial charge is 0.367 e. The largest absolute Gasteiger partial charge is 0.416 e. The van der Waals surface area contributed by atoms with Gasteiger partial charge in [-0.05, 0) is 48.9 Å². The lowest BCUT2D eigenvalue weighted by molar-refractivity contribution is -0.143. The fourth-order valence-electron chi connectivity index (χ4n) is 4.39. The van der Waals surface area contributed by atoms with Gasteiger partial charge in [-0.15, -0.1) is 0 Å². The number of nitrogens with zero attached hydrogens (tertiary/aromatic N) is 4. The Hall–Kier alpha value is -3.57. The van der Waals surface area contributed by atoms with Crippen LogP contribution in [0.1, 0.15) is 52.0 Å². The first-order chi connectivity index (χ1) is 18.6. The normalized spacial score (nSPS) is 18.2. The van der Waals surface area contributed by atoms with Gasteiger partial charge in [0.15, 0.2) is 0 Å². The second-order valence-electron chi connectivity index (χ2n) is 9.18. The van der Waals surface area contributed by atoms with Crippen LogP contribution in [0.15, 0.2) is 43.0 Å². The van der Waals surface area contributed by atoms with Gasteiger partial charge in [0, 0.05) is 18.4 Å². The van der Waals surface area contributed by atoms with Gasteiger partial charge >= 0.3 is 22.7 Å². The van der Waals surface area contributed by atoms with E-state index in [2.05, 4.69) is 24.6 Å². The van der Waals surface area contributed by atoms with E-state index in [0.29, 0.717) is 25.3 Å². The molecular formula is C23H22F6N6O4S. The number of nitrogens with one attached hydrogen (secondary N) is 1. The number of anilines is 1. The summed E-state index contributed by atoms with van der Waals surface area (Å²) in [5.41, 5.74) is -3.48. The van der Waals surface area contributed by atoms with E-state index in [-0.39, 0.29) is 41.7 Å². The topological polar surface area (TPSA) is 142 Å². The van der Waals surface area contributed by atoms with Crippen LogP contribution in [0.25, 0.3) is 0 Å². The van der Waals surface area contributed by atoms with E-state index in [1.165, 1.54) is 24.8 Å². The van der Waals surface area contributed by atoms with Crippen LogP contribution in [0.2, 0.25) is 0 Å². The number of halogens is 6. The molecule has 2 heterocycles. The van der Waals surface area contributed by atoms with Gasteiger partial charge in [-0.2, -0.15) is 39.9 Å². The molecule has 4 rings (SSSR count). The van der Waals surface area contributed by atoms with Crippen molar-refractivity contribution in [2.45, 2.75) is 44.2 Å².